The molecular weight excluding hydrogens is 603 g/mol. The third kappa shape index (κ3) is 6.32. The average Bonchev–Trinajstić information content (AvgIpc) is 3.77. The SMILES string of the molecule is Cc1nnc(-c2c(C[C@@H](C)c3ccc(F)cc3)nc(CC(C)C)c(C(N)=O)c2-c2ccc(C(=O)N[C@H]3CCc4ncccc43)s2)o1. The van der Waals surface area contributed by atoms with Gasteiger partial charge in [0.05, 0.1) is 33.4 Å². The zero-order valence-corrected chi connectivity index (χ0v) is 27.0. The summed E-state index contributed by atoms with van der Waals surface area (Å²) in [5.74, 6) is -0.500. The van der Waals surface area contributed by atoms with E-state index in [1.807, 2.05) is 39.0 Å². The molecule has 0 radical (unpaired) electrons. The minimum absolute atomic E-state index is 0.0662. The number of hydrogen-bond acceptors (Lipinski definition) is 8. The molecule has 0 saturated heterocycles. The number of aryl methyl sites for hydroxylation is 2. The van der Waals surface area contributed by atoms with Crippen LogP contribution in [0, 0.1) is 18.7 Å². The van der Waals surface area contributed by atoms with Gasteiger partial charge in [0.1, 0.15) is 5.82 Å². The van der Waals surface area contributed by atoms with E-state index in [1.165, 1.54) is 23.5 Å². The molecule has 0 saturated carbocycles. The standard InChI is InChI=1S/C35H35FN6O3S/c1-18(2)16-26-30(33(37)43)32(28-13-14-29(46-28)34(44)40-25-12-11-24-23(25)6-5-15-38-24)31(35-42-41-20(4)45-35)27(39-26)17-19(3)21-7-9-22(36)10-8-21/h5-10,13-15,18-19,25H,11-12,16-17H2,1-4H3,(H2,37,43)(H,40,44)/t19-,25+/m1/s1. The highest BCUT2D eigenvalue weighted by atomic mass is 32.1. The number of carbonyl (C=O) groups is 2. The maximum Gasteiger partial charge on any atom is 0.261 e. The Kier molecular flexibility index (Phi) is 8.77. The number of aromatic nitrogens is 4. The lowest BCUT2D eigenvalue weighted by molar-refractivity contribution is 0.0939. The fourth-order valence-electron chi connectivity index (χ4n) is 6.10. The summed E-state index contributed by atoms with van der Waals surface area (Å²) < 4.78 is 19.7. The van der Waals surface area contributed by atoms with Crippen LogP contribution in [0.15, 0.2) is 59.1 Å². The van der Waals surface area contributed by atoms with Crippen molar-refractivity contribution >= 4 is 23.2 Å². The fraction of sp³-hybridized carbons (Fsp3) is 0.314. The van der Waals surface area contributed by atoms with Crippen molar-refractivity contribution in [3.8, 4) is 21.9 Å². The number of benzene rings is 1. The first kappa shape index (κ1) is 31.2. The Morgan fingerprint density at radius 2 is 1.83 bits per heavy atom. The van der Waals surface area contributed by atoms with E-state index < -0.39 is 5.91 Å². The molecule has 5 aromatic rings. The minimum atomic E-state index is -0.636. The lowest BCUT2D eigenvalue weighted by Gasteiger charge is -2.21. The summed E-state index contributed by atoms with van der Waals surface area (Å²) in [5.41, 5.74) is 11.6. The second-order valence-electron chi connectivity index (χ2n) is 12.1. The number of fused-ring (bicyclic) bond motifs is 1. The Morgan fingerprint density at radius 3 is 2.52 bits per heavy atom. The van der Waals surface area contributed by atoms with Crippen LogP contribution in [0.5, 0.6) is 0 Å². The molecule has 4 aromatic heterocycles. The minimum Gasteiger partial charge on any atom is -0.421 e. The third-order valence-corrected chi connectivity index (χ3v) is 9.33. The van der Waals surface area contributed by atoms with Crippen LogP contribution in [0.2, 0.25) is 0 Å². The topological polar surface area (TPSA) is 137 Å². The number of thiophene rings is 1. The van der Waals surface area contributed by atoms with Gasteiger partial charge < -0.3 is 15.5 Å². The maximum absolute atomic E-state index is 13.7. The number of nitrogens with one attached hydrogen (secondary N) is 1. The van der Waals surface area contributed by atoms with Crippen LogP contribution in [0.3, 0.4) is 0 Å². The Balaban J connectivity index is 1.48. The molecule has 3 N–H and O–H groups in total. The molecule has 236 valence electrons. The number of rotatable bonds is 10. The third-order valence-electron chi connectivity index (χ3n) is 8.23. The lowest BCUT2D eigenvalue weighted by Crippen LogP contribution is -2.26. The van der Waals surface area contributed by atoms with Gasteiger partial charge in [-0.15, -0.1) is 21.5 Å². The Morgan fingerprint density at radius 1 is 1.04 bits per heavy atom. The predicted molar refractivity (Wildman–Crippen MR) is 174 cm³/mol. The van der Waals surface area contributed by atoms with Crippen molar-refractivity contribution in [2.24, 2.45) is 11.7 Å². The van der Waals surface area contributed by atoms with E-state index in [1.54, 1.807) is 31.3 Å². The zero-order chi connectivity index (χ0) is 32.5. The van der Waals surface area contributed by atoms with Gasteiger partial charge in [0, 0.05) is 29.3 Å². The molecule has 4 heterocycles. The summed E-state index contributed by atoms with van der Waals surface area (Å²) >= 11 is 1.26. The van der Waals surface area contributed by atoms with Crippen molar-refractivity contribution in [1.82, 2.24) is 25.5 Å². The summed E-state index contributed by atoms with van der Waals surface area (Å²) in [5, 5.41) is 11.6. The fourth-order valence-corrected chi connectivity index (χ4v) is 7.06. The van der Waals surface area contributed by atoms with E-state index in [0.717, 1.165) is 29.7 Å². The molecule has 11 heteroatoms. The molecule has 1 aliphatic rings. The van der Waals surface area contributed by atoms with Gasteiger partial charge in [-0.05, 0) is 79.0 Å². The Bertz CT molecular complexity index is 1920. The van der Waals surface area contributed by atoms with Gasteiger partial charge >= 0.3 is 0 Å². The average molecular weight is 639 g/mol. The summed E-state index contributed by atoms with van der Waals surface area (Å²) in [6, 6.07) is 13.7. The molecule has 0 aliphatic heterocycles. The smallest absolute Gasteiger partial charge is 0.261 e. The van der Waals surface area contributed by atoms with E-state index in [2.05, 4.69) is 20.5 Å². The summed E-state index contributed by atoms with van der Waals surface area (Å²) in [4.78, 5) is 37.4. The monoisotopic (exact) mass is 638 g/mol. The summed E-state index contributed by atoms with van der Waals surface area (Å²) in [6.07, 6.45) is 4.29. The van der Waals surface area contributed by atoms with Gasteiger partial charge in [0.25, 0.3) is 11.8 Å². The first-order valence-corrected chi connectivity index (χ1v) is 16.2. The van der Waals surface area contributed by atoms with Gasteiger partial charge in [-0.1, -0.05) is 39.0 Å². The molecule has 2 amide bonds. The largest absolute Gasteiger partial charge is 0.421 e. The molecule has 0 spiro atoms. The van der Waals surface area contributed by atoms with Crippen LogP contribution in [-0.4, -0.2) is 32.0 Å². The van der Waals surface area contributed by atoms with E-state index in [9.17, 15) is 14.0 Å². The Labute approximate surface area is 270 Å². The number of primary amides is 1. The van der Waals surface area contributed by atoms with Crippen LogP contribution in [0.4, 0.5) is 4.39 Å². The number of nitrogens with two attached hydrogens (primary N) is 1. The van der Waals surface area contributed by atoms with Crippen LogP contribution >= 0.6 is 11.3 Å². The van der Waals surface area contributed by atoms with Crippen molar-refractivity contribution in [2.45, 2.75) is 65.3 Å². The highest BCUT2D eigenvalue weighted by Crippen LogP contribution is 2.43. The highest BCUT2D eigenvalue weighted by Gasteiger charge is 2.31. The van der Waals surface area contributed by atoms with Gasteiger partial charge in [-0.3, -0.25) is 19.6 Å². The van der Waals surface area contributed by atoms with Crippen LogP contribution < -0.4 is 11.1 Å². The van der Waals surface area contributed by atoms with Crippen molar-refractivity contribution in [2.75, 3.05) is 0 Å². The van der Waals surface area contributed by atoms with Crippen LogP contribution in [0.1, 0.15) is 93.3 Å². The highest BCUT2D eigenvalue weighted by molar-refractivity contribution is 7.17. The van der Waals surface area contributed by atoms with Gasteiger partial charge in [-0.2, -0.15) is 0 Å². The second kappa shape index (κ2) is 12.9. The van der Waals surface area contributed by atoms with Gasteiger partial charge in [0.2, 0.25) is 11.8 Å². The van der Waals surface area contributed by atoms with E-state index in [-0.39, 0.29) is 41.1 Å². The molecule has 2 atom stereocenters. The molecule has 6 rings (SSSR count). The lowest BCUT2D eigenvalue weighted by atomic mass is 9.88. The van der Waals surface area contributed by atoms with Crippen LogP contribution in [-0.2, 0) is 19.3 Å². The quantitative estimate of drug-likeness (QED) is 0.172. The molecule has 0 fully saturated rings. The number of amides is 2. The van der Waals surface area contributed by atoms with Crippen LogP contribution in [0.25, 0.3) is 21.9 Å². The number of nitrogens with zero attached hydrogens (tertiary/aromatic N) is 4. The van der Waals surface area contributed by atoms with Gasteiger partial charge in [0.15, 0.2) is 0 Å². The van der Waals surface area contributed by atoms with Crippen molar-refractivity contribution in [3.05, 3.63) is 105 Å². The van der Waals surface area contributed by atoms with Crippen molar-refractivity contribution in [1.29, 1.82) is 0 Å². The van der Waals surface area contributed by atoms with E-state index in [4.69, 9.17) is 15.1 Å². The number of pyridine rings is 2. The predicted octanol–water partition coefficient (Wildman–Crippen LogP) is 6.76. The van der Waals surface area contributed by atoms with Crippen molar-refractivity contribution < 1.29 is 18.4 Å². The van der Waals surface area contributed by atoms with Crippen molar-refractivity contribution in [3.63, 3.8) is 0 Å². The van der Waals surface area contributed by atoms with E-state index >= 15 is 0 Å². The zero-order valence-electron chi connectivity index (χ0n) is 26.1. The second-order valence-corrected chi connectivity index (χ2v) is 13.2. The molecule has 9 nitrogen and oxygen atoms in total. The molecule has 1 aliphatic carbocycles. The molecule has 46 heavy (non-hydrogen) atoms. The van der Waals surface area contributed by atoms with Gasteiger partial charge in [-0.25, -0.2) is 4.39 Å². The maximum atomic E-state index is 13.7. The Hall–Kier alpha value is -4.77. The first-order valence-electron chi connectivity index (χ1n) is 15.3. The number of carbonyl (C=O) groups excluding carboxylic acids is 2. The number of hydrogen-bond donors (Lipinski definition) is 2. The molecule has 0 unspecified atom stereocenters. The molecular formula is C35H35FN6O3S. The first-order chi connectivity index (χ1) is 22.1. The summed E-state index contributed by atoms with van der Waals surface area (Å²) in [6.45, 7) is 7.82. The van der Waals surface area contributed by atoms with E-state index in [0.29, 0.717) is 51.0 Å². The summed E-state index contributed by atoms with van der Waals surface area (Å²) in [7, 11) is 0. The number of halogens is 1. The molecule has 1 aromatic carbocycles. The molecule has 0 bridgehead atoms. The normalized spacial score (nSPS) is 14.8.